The third-order valence-corrected chi connectivity index (χ3v) is 6.39. The molecule has 1 saturated carbocycles. The van der Waals surface area contributed by atoms with E-state index in [0.717, 1.165) is 12.3 Å². The number of aryl methyl sites for hydroxylation is 1. The zero-order valence-corrected chi connectivity index (χ0v) is 17.2. The van der Waals surface area contributed by atoms with Gasteiger partial charge in [-0.15, -0.1) is 0 Å². The van der Waals surface area contributed by atoms with Gasteiger partial charge in [0, 0.05) is 0 Å². The summed E-state index contributed by atoms with van der Waals surface area (Å²) in [6.07, 6.45) is 16.8. The Bertz CT molecular complexity index is 516. The number of benzene rings is 1. The number of nitriles is 1. The first kappa shape index (κ1) is 21.0. The van der Waals surface area contributed by atoms with E-state index in [-0.39, 0.29) is 5.92 Å². The van der Waals surface area contributed by atoms with Gasteiger partial charge in [-0.2, -0.15) is 5.26 Å². The minimum atomic E-state index is 0.206. The van der Waals surface area contributed by atoms with Gasteiger partial charge in [0.05, 0.1) is 12.0 Å². The zero-order chi connectivity index (χ0) is 18.6. The fourth-order valence-electron chi connectivity index (χ4n) is 4.54. The molecule has 26 heavy (non-hydrogen) atoms. The van der Waals surface area contributed by atoms with Gasteiger partial charge in [-0.05, 0) is 55.1 Å². The summed E-state index contributed by atoms with van der Waals surface area (Å²) < 4.78 is 0. The third kappa shape index (κ3) is 7.14. The first-order valence-electron chi connectivity index (χ1n) is 11.2. The molecule has 2 rings (SSSR count). The molecule has 0 N–H and O–H groups in total. The first-order valence-corrected chi connectivity index (χ1v) is 11.2. The van der Waals surface area contributed by atoms with Crippen molar-refractivity contribution in [3.05, 3.63) is 35.4 Å². The van der Waals surface area contributed by atoms with Crippen LogP contribution in [0.2, 0.25) is 0 Å². The van der Waals surface area contributed by atoms with Crippen LogP contribution in [-0.2, 0) is 12.8 Å². The van der Waals surface area contributed by atoms with Gasteiger partial charge in [0.25, 0.3) is 0 Å². The van der Waals surface area contributed by atoms with E-state index in [1.54, 1.807) is 0 Å². The summed E-state index contributed by atoms with van der Waals surface area (Å²) in [7, 11) is 0. The topological polar surface area (TPSA) is 23.8 Å². The summed E-state index contributed by atoms with van der Waals surface area (Å²) in [5, 5.41) is 9.72. The molecule has 1 heteroatoms. The van der Waals surface area contributed by atoms with Crippen molar-refractivity contribution in [1.29, 1.82) is 5.26 Å². The van der Waals surface area contributed by atoms with E-state index in [2.05, 4.69) is 44.2 Å². The van der Waals surface area contributed by atoms with Crippen molar-refractivity contribution in [3.63, 3.8) is 0 Å². The predicted octanol–water partition coefficient (Wildman–Crippen LogP) is 7.49. The summed E-state index contributed by atoms with van der Waals surface area (Å²) in [6, 6.07) is 11.8. The highest BCUT2D eigenvalue weighted by atomic mass is 14.4. The average molecular weight is 354 g/mol. The maximum absolute atomic E-state index is 9.72. The molecule has 0 radical (unpaired) electrons. The molecule has 1 aromatic rings. The maximum Gasteiger partial charge on any atom is 0.0662 e. The van der Waals surface area contributed by atoms with Crippen molar-refractivity contribution in [2.75, 3.05) is 0 Å². The molecule has 1 fully saturated rings. The van der Waals surface area contributed by atoms with E-state index in [1.807, 2.05) is 0 Å². The fourth-order valence-corrected chi connectivity index (χ4v) is 4.54. The Morgan fingerprint density at radius 3 is 2.15 bits per heavy atom. The van der Waals surface area contributed by atoms with Crippen molar-refractivity contribution in [2.24, 2.45) is 17.8 Å². The number of rotatable bonds is 11. The van der Waals surface area contributed by atoms with E-state index < -0.39 is 0 Å². The lowest BCUT2D eigenvalue weighted by Gasteiger charge is -2.31. The van der Waals surface area contributed by atoms with Crippen molar-refractivity contribution < 1.29 is 0 Å². The molecule has 1 unspecified atom stereocenters. The van der Waals surface area contributed by atoms with Crippen LogP contribution in [0.25, 0.3) is 0 Å². The molecule has 0 bridgehead atoms. The number of unbranched alkanes of at least 4 members (excludes halogenated alkanes) is 4. The van der Waals surface area contributed by atoms with Crippen molar-refractivity contribution in [3.8, 4) is 6.07 Å². The molecule has 0 amide bonds. The largest absolute Gasteiger partial charge is 0.198 e. The Hall–Kier alpha value is -1.29. The summed E-state index contributed by atoms with van der Waals surface area (Å²) >= 11 is 0. The molecular formula is C25H39N. The van der Waals surface area contributed by atoms with Crippen LogP contribution >= 0.6 is 0 Å². The minimum Gasteiger partial charge on any atom is -0.198 e. The minimum absolute atomic E-state index is 0.206. The molecule has 1 aliphatic rings. The molecule has 144 valence electrons. The van der Waals surface area contributed by atoms with E-state index in [4.69, 9.17) is 0 Å². The van der Waals surface area contributed by atoms with Crippen LogP contribution in [0.3, 0.4) is 0 Å². The lowest BCUT2D eigenvalue weighted by molar-refractivity contribution is 0.221. The molecule has 0 saturated heterocycles. The average Bonchev–Trinajstić information content (AvgIpc) is 2.69. The Kier molecular flexibility index (Phi) is 9.83. The summed E-state index contributed by atoms with van der Waals surface area (Å²) in [5.41, 5.74) is 2.80. The van der Waals surface area contributed by atoms with Crippen LogP contribution < -0.4 is 0 Å². The Morgan fingerprint density at radius 1 is 0.885 bits per heavy atom. The quantitative estimate of drug-likeness (QED) is 0.378. The summed E-state index contributed by atoms with van der Waals surface area (Å²) in [5.74, 6) is 1.75. The first-order chi connectivity index (χ1) is 12.8. The van der Waals surface area contributed by atoms with Gasteiger partial charge in [0.2, 0.25) is 0 Å². The molecule has 0 spiro atoms. The third-order valence-electron chi connectivity index (χ3n) is 6.39. The molecule has 0 aliphatic heterocycles. The van der Waals surface area contributed by atoms with Crippen LogP contribution in [0.5, 0.6) is 0 Å². The van der Waals surface area contributed by atoms with Gasteiger partial charge in [-0.1, -0.05) is 89.5 Å². The lowest BCUT2D eigenvalue weighted by atomic mass is 9.73. The van der Waals surface area contributed by atoms with Gasteiger partial charge in [0.15, 0.2) is 0 Å². The van der Waals surface area contributed by atoms with E-state index in [9.17, 15) is 5.26 Å². The number of nitrogens with zero attached hydrogens (tertiary/aromatic N) is 1. The number of hydrogen-bond donors (Lipinski definition) is 0. The van der Waals surface area contributed by atoms with Crippen molar-refractivity contribution in [2.45, 2.75) is 97.3 Å². The van der Waals surface area contributed by atoms with Gasteiger partial charge < -0.3 is 0 Å². The van der Waals surface area contributed by atoms with Crippen LogP contribution in [-0.4, -0.2) is 0 Å². The molecule has 1 aliphatic carbocycles. The smallest absolute Gasteiger partial charge is 0.0662 e. The Morgan fingerprint density at radius 2 is 1.54 bits per heavy atom. The Balaban J connectivity index is 1.78. The van der Waals surface area contributed by atoms with Gasteiger partial charge in [0.1, 0.15) is 0 Å². The molecular weight excluding hydrogens is 314 g/mol. The lowest BCUT2D eigenvalue weighted by Crippen LogP contribution is -2.22. The van der Waals surface area contributed by atoms with Gasteiger partial charge in [-0.25, -0.2) is 0 Å². The standard InChI is InChI=1S/C25H39N/c1-3-5-7-8-10-22-11-13-23(14-12-22)19-25(20-26)24-17-15-21(16-18-24)9-6-4-2/h11-14,21,24-25H,3-10,15-19H2,1-2H3. The predicted molar refractivity (Wildman–Crippen MR) is 112 cm³/mol. The molecule has 0 aromatic heterocycles. The van der Waals surface area contributed by atoms with Crippen LogP contribution in [0.4, 0.5) is 0 Å². The van der Waals surface area contributed by atoms with E-state index in [0.29, 0.717) is 5.92 Å². The molecule has 1 nitrogen and oxygen atoms in total. The fraction of sp³-hybridized carbons (Fsp3) is 0.720. The second kappa shape index (κ2) is 12.2. The van der Waals surface area contributed by atoms with Crippen molar-refractivity contribution in [1.82, 2.24) is 0 Å². The van der Waals surface area contributed by atoms with Crippen LogP contribution in [0.15, 0.2) is 24.3 Å². The maximum atomic E-state index is 9.72. The summed E-state index contributed by atoms with van der Waals surface area (Å²) in [6.45, 7) is 4.55. The van der Waals surface area contributed by atoms with Crippen molar-refractivity contribution >= 4 is 0 Å². The highest BCUT2D eigenvalue weighted by molar-refractivity contribution is 5.24. The second-order valence-electron chi connectivity index (χ2n) is 8.49. The zero-order valence-electron chi connectivity index (χ0n) is 17.2. The Labute approximate surface area is 162 Å². The summed E-state index contributed by atoms with van der Waals surface area (Å²) in [4.78, 5) is 0. The van der Waals surface area contributed by atoms with E-state index >= 15 is 0 Å². The van der Waals surface area contributed by atoms with Crippen LogP contribution in [0, 0.1) is 29.1 Å². The molecule has 0 heterocycles. The molecule has 1 atom stereocenters. The SMILES string of the molecule is CCCCCCc1ccc(CC(C#N)C2CCC(CCCC)CC2)cc1. The van der Waals surface area contributed by atoms with Gasteiger partial charge >= 0.3 is 0 Å². The monoisotopic (exact) mass is 353 g/mol. The second-order valence-corrected chi connectivity index (χ2v) is 8.49. The highest BCUT2D eigenvalue weighted by Crippen LogP contribution is 2.36. The van der Waals surface area contributed by atoms with Crippen LogP contribution in [0.1, 0.15) is 95.6 Å². The molecule has 1 aromatic carbocycles. The highest BCUT2D eigenvalue weighted by Gasteiger charge is 2.27. The van der Waals surface area contributed by atoms with E-state index in [1.165, 1.54) is 88.2 Å². The number of hydrogen-bond acceptors (Lipinski definition) is 1. The van der Waals surface area contributed by atoms with Gasteiger partial charge in [-0.3, -0.25) is 0 Å². The normalized spacial score (nSPS) is 21.3.